The van der Waals surface area contributed by atoms with Crippen LogP contribution in [-0.2, 0) is 4.74 Å². The quantitative estimate of drug-likeness (QED) is 0.831. The zero-order valence-corrected chi connectivity index (χ0v) is 13.1. The lowest BCUT2D eigenvalue weighted by Crippen LogP contribution is -2.33. The largest absolute Gasteiger partial charge is 0.493 e. The fourth-order valence-electron chi connectivity index (χ4n) is 2.88. The van der Waals surface area contributed by atoms with Gasteiger partial charge in [0.05, 0.1) is 31.7 Å². The lowest BCUT2D eigenvalue weighted by molar-refractivity contribution is -0.0337. The molecular formula is C15H17FN2O6. The van der Waals surface area contributed by atoms with E-state index >= 15 is 0 Å². The first kappa shape index (κ1) is 16.5. The van der Waals surface area contributed by atoms with Gasteiger partial charge in [-0.3, -0.25) is 14.3 Å². The smallest absolute Gasteiger partial charge is 0.330 e. The van der Waals surface area contributed by atoms with Crippen molar-refractivity contribution in [1.82, 2.24) is 9.55 Å². The van der Waals surface area contributed by atoms with Crippen molar-refractivity contribution < 1.29 is 23.7 Å². The van der Waals surface area contributed by atoms with Gasteiger partial charge in [-0.15, -0.1) is 0 Å². The number of aliphatic hydroxyl groups is 1. The van der Waals surface area contributed by atoms with Gasteiger partial charge in [-0.05, 0) is 6.07 Å². The molecule has 2 aromatic rings. The standard InChI is InChI=1S/C15H17FN2O6/c1-22-10-3-7-9(5-11(10)23-2)18(15(21)17-14(7)20)13-4-8(16)12(6-19)24-13/h3,5,8,12-13,19H,4,6H2,1-2H3,(H,17,20,21)/t8-,12+,13+/m0/s1. The average molecular weight is 340 g/mol. The Kier molecular flexibility index (Phi) is 4.29. The molecule has 8 nitrogen and oxygen atoms in total. The van der Waals surface area contributed by atoms with E-state index in [1.807, 2.05) is 0 Å². The summed E-state index contributed by atoms with van der Waals surface area (Å²) in [6.07, 6.45) is -3.47. The van der Waals surface area contributed by atoms with Gasteiger partial charge in [-0.2, -0.15) is 0 Å². The fraction of sp³-hybridized carbons (Fsp3) is 0.467. The minimum absolute atomic E-state index is 0.110. The number of nitrogens with zero attached hydrogens (tertiary/aromatic N) is 1. The van der Waals surface area contributed by atoms with E-state index in [0.29, 0.717) is 11.5 Å². The molecule has 0 bridgehead atoms. The molecule has 3 atom stereocenters. The molecule has 0 spiro atoms. The number of methoxy groups -OCH3 is 2. The molecule has 1 aliphatic rings. The van der Waals surface area contributed by atoms with Crippen molar-refractivity contribution in [2.45, 2.75) is 24.9 Å². The van der Waals surface area contributed by atoms with Crippen molar-refractivity contribution in [3.8, 4) is 11.5 Å². The maximum absolute atomic E-state index is 13.9. The number of aromatic amines is 1. The van der Waals surface area contributed by atoms with Crippen LogP contribution in [0.25, 0.3) is 10.9 Å². The number of fused-ring (bicyclic) bond motifs is 1. The van der Waals surface area contributed by atoms with Crippen molar-refractivity contribution in [3.05, 3.63) is 33.0 Å². The van der Waals surface area contributed by atoms with Crippen molar-refractivity contribution in [2.75, 3.05) is 20.8 Å². The highest BCUT2D eigenvalue weighted by Gasteiger charge is 2.37. The number of hydrogen-bond donors (Lipinski definition) is 2. The summed E-state index contributed by atoms with van der Waals surface area (Å²) < 4.78 is 30.8. The Hall–Kier alpha value is -2.39. The van der Waals surface area contributed by atoms with Crippen LogP contribution in [0.3, 0.4) is 0 Å². The molecule has 1 aliphatic heterocycles. The third-order valence-electron chi connectivity index (χ3n) is 4.08. The Bertz CT molecular complexity index is 877. The minimum atomic E-state index is -1.41. The molecule has 0 aliphatic carbocycles. The van der Waals surface area contributed by atoms with Crippen LogP contribution in [0, 0.1) is 0 Å². The van der Waals surface area contributed by atoms with Crippen LogP contribution in [0.15, 0.2) is 21.7 Å². The lowest BCUT2D eigenvalue weighted by Gasteiger charge is -2.18. The lowest BCUT2D eigenvalue weighted by atomic mass is 10.2. The Morgan fingerprint density at radius 2 is 2.00 bits per heavy atom. The second-order valence-corrected chi connectivity index (χ2v) is 5.42. The predicted octanol–water partition coefficient (Wildman–Crippen LogP) is 0.325. The highest BCUT2D eigenvalue weighted by atomic mass is 19.1. The summed E-state index contributed by atoms with van der Waals surface area (Å²) in [5.41, 5.74) is -1.09. The van der Waals surface area contributed by atoms with E-state index in [-0.39, 0.29) is 17.3 Å². The van der Waals surface area contributed by atoms with Crippen LogP contribution in [0.5, 0.6) is 11.5 Å². The molecule has 2 heterocycles. The molecule has 0 unspecified atom stereocenters. The summed E-state index contributed by atoms with van der Waals surface area (Å²) in [5.74, 6) is 0.641. The van der Waals surface area contributed by atoms with Crippen LogP contribution in [0.1, 0.15) is 12.6 Å². The third kappa shape index (κ3) is 2.55. The zero-order chi connectivity index (χ0) is 17.4. The van der Waals surface area contributed by atoms with Gasteiger partial charge >= 0.3 is 5.69 Å². The molecule has 1 aromatic heterocycles. The summed E-state index contributed by atoms with van der Waals surface area (Å²) in [6, 6.07) is 2.90. The topological polar surface area (TPSA) is 103 Å². The number of alkyl halides is 1. The zero-order valence-electron chi connectivity index (χ0n) is 13.1. The highest BCUT2D eigenvalue weighted by Crippen LogP contribution is 2.34. The Morgan fingerprint density at radius 1 is 1.33 bits per heavy atom. The maximum atomic E-state index is 13.9. The number of benzene rings is 1. The Labute approximate surface area is 135 Å². The number of aromatic nitrogens is 2. The van der Waals surface area contributed by atoms with E-state index in [2.05, 4.69) is 4.98 Å². The van der Waals surface area contributed by atoms with Crippen LogP contribution < -0.4 is 20.7 Å². The maximum Gasteiger partial charge on any atom is 0.330 e. The molecule has 0 amide bonds. The van der Waals surface area contributed by atoms with Crippen LogP contribution in [0.4, 0.5) is 4.39 Å². The Balaban J connectivity index is 2.24. The van der Waals surface area contributed by atoms with Crippen LogP contribution in [-0.4, -0.2) is 47.8 Å². The van der Waals surface area contributed by atoms with Crippen LogP contribution in [0.2, 0.25) is 0 Å². The molecule has 9 heteroatoms. The predicted molar refractivity (Wildman–Crippen MR) is 82.4 cm³/mol. The van der Waals surface area contributed by atoms with Gasteiger partial charge in [0, 0.05) is 12.5 Å². The van der Waals surface area contributed by atoms with E-state index in [1.54, 1.807) is 0 Å². The monoisotopic (exact) mass is 340 g/mol. The normalized spacial score (nSPS) is 23.6. The van der Waals surface area contributed by atoms with Gasteiger partial charge in [-0.25, -0.2) is 9.18 Å². The number of aliphatic hydroxyl groups excluding tert-OH is 1. The number of rotatable bonds is 4. The summed E-state index contributed by atoms with van der Waals surface area (Å²) >= 11 is 0. The van der Waals surface area contributed by atoms with Crippen molar-refractivity contribution in [1.29, 1.82) is 0 Å². The molecule has 1 saturated heterocycles. The molecule has 0 radical (unpaired) electrons. The summed E-state index contributed by atoms with van der Waals surface area (Å²) in [4.78, 5) is 26.6. The highest BCUT2D eigenvalue weighted by molar-refractivity contribution is 5.82. The second-order valence-electron chi connectivity index (χ2n) is 5.42. The first-order valence-corrected chi connectivity index (χ1v) is 7.31. The Morgan fingerprint density at radius 3 is 2.58 bits per heavy atom. The molecule has 24 heavy (non-hydrogen) atoms. The number of halogens is 1. The fourth-order valence-corrected chi connectivity index (χ4v) is 2.88. The molecule has 2 N–H and O–H groups in total. The number of ether oxygens (including phenoxy) is 3. The van der Waals surface area contributed by atoms with Crippen molar-refractivity contribution in [2.24, 2.45) is 0 Å². The van der Waals surface area contributed by atoms with Gasteiger partial charge in [-0.1, -0.05) is 0 Å². The summed E-state index contributed by atoms with van der Waals surface area (Å²) in [7, 11) is 2.85. The van der Waals surface area contributed by atoms with E-state index in [0.717, 1.165) is 4.57 Å². The molecule has 1 aromatic carbocycles. The number of hydrogen-bond acceptors (Lipinski definition) is 6. The minimum Gasteiger partial charge on any atom is -0.493 e. The van der Waals surface area contributed by atoms with E-state index < -0.39 is 36.4 Å². The number of H-pyrrole nitrogens is 1. The summed E-state index contributed by atoms with van der Waals surface area (Å²) in [5, 5.41) is 9.31. The third-order valence-corrected chi connectivity index (χ3v) is 4.08. The van der Waals surface area contributed by atoms with Gasteiger partial charge in [0.15, 0.2) is 11.5 Å². The van der Waals surface area contributed by atoms with Crippen molar-refractivity contribution in [3.63, 3.8) is 0 Å². The molecular weight excluding hydrogens is 323 g/mol. The van der Waals surface area contributed by atoms with Gasteiger partial charge in [0.1, 0.15) is 18.5 Å². The van der Waals surface area contributed by atoms with Gasteiger partial charge in [0.2, 0.25) is 0 Å². The van der Waals surface area contributed by atoms with Gasteiger partial charge < -0.3 is 19.3 Å². The molecule has 0 saturated carbocycles. The molecule has 3 rings (SSSR count). The van der Waals surface area contributed by atoms with E-state index in [9.17, 15) is 14.0 Å². The first-order valence-electron chi connectivity index (χ1n) is 7.31. The average Bonchev–Trinajstić information content (AvgIpc) is 2.94. The van der Waals surface area contributed by atoms with E-state index in [1.165, 1.54) is 26.4 Å². The van der Waals surface area contributed by atoms with Crippen molar-refractivity contribution >= 4 is 10.9 Å². The molecule has 1 fully saturated rings. The summed E-state index contributed by atoms with van der Waals surface area (Å²) in [6.45, 7) is -0.495. The van der Waals surface area contributed by atoms with Gasteiger partial charge in [0.25, 0.3) is 5.56 Å². The first-order chi connectivity index (χ1) is 11.5. The van der Waals surface area contributed by atoms with Crippen LogP contribution >= 0.6 is 0 Å². The van der Waals surface area contributed by atoms with E-state index in [4.69, 9.17) is 19.3 Å². The second kappa shape index (κ2) is 6.25. The SMILES string of the molecule is COc1cc2c(=O)[nH]c(=O)n([C@H]3C[C@H](F)[C@@H](CO)O3)c2cc1OC. The number of nitrogens with one attached hydrogen (secondary N) is 1. The molecule has 130 valence electrons.